The standard InChI is InChI=1S/C36H54N4O6/c1-26(11-9-12-28(3)34-37-19-10-20-38-34)33-27(2)15-16-31(36(4,44)18-17-30(41)25-32(42)46-33)45-35(43)40-23-21-39(22-24-40)29-13-7-5-6-8-14-29/h9-12,15-16,19-20,27-31,33,41,44H,5-8,13-14,17-18,21-25H2,1-4H3/b12-9+,16-15+,26-11+/t27-,28-,30-,31-,33+,36-/m0/s1. The molecule has 1 amide bonds. The van der Waals surface area contributed by atoms with Crippen LogP contribution in [0.25, 0.3) is 0 Å². The fourth-order valence-corrected chi connectivity index (χ4v) is 6.63. The van der Waals surface area contributed by atoms with Gasteiger partial charge in [-0.1, -0.05) is 63.8 Å². The summed E-state index contributed by atoms with van der Waals surface area (Å²) in [7, 11) is 0. The normalized spacial score (nSPS) is 31.3. The van der Waals surface area contributed by atoms with E-state index in [0.29, 0.717) is 25.0 Å². The molecule has 0 unspecified atom stereocenters. The quantitative estimate of drug-likeness (QED) is 0.184. The van der Waals surface area contributed by atoms with Crippen LogP contribution in [0.1, 0.15) is 97.2 Å². The molecule has 10 heteroatoms. The van der Waals surface area contributed by atoms with E-state index < -0.39 is 36.0 Å². The Morgan fingerprint density at radius 1 is 1.09 bits per heavy atom. The van der Waals surface area contributed by atoms with Gasteiger partial charge in [0.05, 0.1) is 12.5 Å². The van der Waals surface area contributed by atoms with Gasteiger partial charge in [-0.3, -0.25) is 9.69 Å². The molecular weight excluding hydrogens is 584 g/mol. The first-order valence-electron chi connectivity index (χ1n) is 17.1. The number of cyclic esters (lactones) is 1. The van der Waals surface area contributed by atoms with Crippen molar-refractivity contribution in [1.82, 2.24) is 19.8 Å². The van der Waals surface area contributed by atoms with Gasteiger partial charge in [0.25, 0.3) is 0 Å². The summed E-state index contributed by atoms with van der Waals surface area (Å²) in [6.07, 6.45) is 17.5. The second-order valence-corrected chi connectivity index (χ2v) is 13.6. The molecule has 1 aromatic heterocycles. The highest BCUT2D eigenvalue weighted by atomic mass is 16.6. The minimum absolute atomic E-state index is 0.00552. The molecule has 0 aromatic carbocycles. The molecule has 2 fully saturated rings. The van der Waals surface area contributed by atoms with E-state index in [9.17, 15) is 19.8 Å². The van der Waals surface area contributed by atoms with Crippen molar-refractivity contribution in [1.29, 1.82) is 0 Å². The number of rotatable bonds is 6. The number of aliphatic hydroxyl groups is 2. The number of esters is 1. The Hall–Kier alpha value is -3.08. The Labute approximate surface area is 274 Å². The zero-order chi connectivity index (χ0) is 33.1. The maximum atomic E-state index is 13.4. The molecule has 1 aliphatic carbocycles. The van der Waals surface area contributed by atoms with Crippen molar-refractivity contribution in [2.75, 3.05) is 26.2 Å². The van der Waals surface area contributed by atoms with E-state index in [4.69, 9.17) is 9.47 Å². The molecule has 3 aliphatic rings. The smallest absolute Gasteiger partial charge is 0.410 e. The van der Waals surface area contributed by atoms with Crippen LogP contribution in [0.5, 0.6) is 0 Å². The number of carbonyl (C=O) groups is 2. The molecular formula is C36H54N4O6. The number of hydrogen-bond acceptors (Lipinski definition) is 9. The zero-order valence-corrected chi connectivity index (χ0v) is 28.1. The second kappa shape index (κ2) is 17.2. The largest absolute Gasteiger partial charge is 0.457 e. The van der Waals surface area contributed by atoms with E-state index in [1.807, 2.05) is 45.1 Å². The number of carbonyl (C=O) groups excluding carboxylic acids is 2. The maximum absolute atomic E-state index is 13.4. The van der Waals surface area contributed by atoms with Crippen LogP contribution in [-0.2, 0) is 14.3 Å². The monoisotopic (exact) mass is 638 g/mol. The Morgan fingerprint density at radius 2 is 1.76 bits per heavy atom. The van der Waals surface area contributed by atoms with Crippen LogP contribution in [0.15, 0.2) is 54.4 Å². The summed E-state index contributed by atoms with van der Waals surface area (Å²) in [6.45, 7) is 10.3. The third-order valence-corrected chi connectivity index (χ3v) is 9.67. The van der Waals surface area contributed by atoms with E-state index in [1.54, 1.807) is 36.4 Å². The molecule has 1 saturated heterocycles. The van der Waals surface area contributed by atoms with Crippen LogP contribution in [0.2, 0.25) is 0 Å². The van der Waals surface area contributed by atoms with Gasteiger partial charge in [0, 0.05) is 56.5 Å². The summed E-state index contributed by atoms with van der Waals surface area (Å²) in [5.74, 6) is -0.109. The lowest BCUT2D eigenvalue weighted by molar-refractivity contribution is -0.151. The molecule has 2 N–H and O–H groups in total. The van der Waals surface area contributed by atoms with E-state index in [1.165, 1.54) is 38.5 Å². The molecule has 6 atom stereocenters. The molecule has 254 valence electrons. The number of nitrogens with zero attached hydrogens (tertiary/aromatic N) is 4. The predicted octanol–water partition coefficient (Wildman–Crippen LogP) is 5.33. The van der Waals surface area contributed by atoms with E-state index in [0.717, 1.165) is 18.7 Å². The van der Waals surface area contributed by atoms with Gasteiger partial charge >= 0.3 is 12.1 Å². The average molecular weight is 639 g/mol. The molecule has 10 nitrogen and oxygen atoms in total. The Balaban J connectivity index is 1.45. The first kappa shape index (κ1) is 35.8. The molecule has 1 aromatic rings. The highest BCUT2D eigenvalue weighted by Gasteiger charge is 2.37. The molecule has 0 bridgehead atoms. The summed E-state index contributed by atoms with van der Waals surface area (Å²) in [6, 6.07) is 2.37. The third-order valence-electron chi connectivity index (χ3n) is 9.67. The van der Waals surface area contributed by atoms with Crippen LogP contribution in [-0.4, -0.2) is 98.2 Å². The van der Waals surface area contributed by atoms with Gasteiger partial charge in [-0.25, -0.2) is 14.8 Å². The molecule has 0 spiro atoms. The number of ether oxygens (including phenoxy) is 2. The van der Waals surface area contributed by atoms with Crippen LogP contribution >= 0.6 is 0 Å². The van der Waals surface area contributed by atoms with Crippen LogP contribution < -0.4 is 0 Å². The topological polar surface area (TPSA) is 125 Å². The van der Waals surface area contributed by atoms with Crippen LogP contribution in [0, 0.1) is 5.92 Å². The van der Waals surface area contributed by atoms with Crippen molar-refractivity contribution < 1.29 is 29.3 Å². The van der Waals surface area contributed by atoms with Gasteiger partial charge in [0.15, 0.2) is 6.10 Å². The minimum atomic E-state index is -1.45. The van der Waals surface area contributed by atoms with Crippen LogP contribution in [0.4, 0.5) is 4.79 Å². The average Bonchev–Trinajstić information content (AvgIpc) is 3.34. The van der Waals surface area contributed by atoms with Gasteiger partial charge < -0.3 is 24.6 Å². The fraction of sp³-hybridized carbons (Fsp3) is 0.667. The lowest BCUT2D eigenvalue weighted by Crippen LogP contribution is -2.53. The van der Waals surface area contributed by atoms with Gasteiger partial charge in [0.1, 0.15) is 17.5 Å². The molecule has 46 heavy (non-hydrogen) atoms. The number of allylic oxidation sites excluding steroid dienone is 3. The SMILES string of the molecule is C/C(=C\C=C\[C@H](C)c1ncccn1)[C@H]1OC(=O)C[C@@H](O)CC[C@](C)(O)[C@@H](OC(=O)N2CCN(C3CCCCCC3)CC2)/C=C/[C@@H]1C. The first-order chi connectivity index (χ1) is 22.0. The van der Waals surface area contributed by atoms with E-state index >= 15 is 0 Å². The van der Waals surface area contributed by atoms with E-state index in [-0.39, 0.29) is 31.1 Å². The lowest BCUT2D eigenvalue weighted by atomic mass is 9.88. The Morgan fingerprint density at radius 3 is 2.43 bits per heavy atom. The summed E-state index contributed by atoms with van der Waals surface area (Å²) in [5, 5.41) is 22.1. The molecule has 1 saturated carbocycles. The predicted molar refractivity (Wildman–Crippen MR) is 177 cm³/mol. The molecule has 0 radical (unpaired) electrons. The van der Waals surface area contributed by atoms with Gasteiger partial charge in [-0.2, -0.15) is 0 Å². The lowest BCUT2D eigenvalue weighted by Gasteiger charge is -2.40. The zero-order valence-electron chi connectivity index (χ0n) is 28.1. The maximum Gasteiger partial charge on any atom is 0.410 e. The van der Waals surface area contributed by atoms with Gasteiger partial charge in [-0.15, -0.1) is 0 Å². The van der Waals surface area contributed by atoms with Gasteiger partial charge in [0.2, 0.25) is 0 Å². The first-order valence-corrected chi connectivity index (χ1v) is 17.1. The van der Waals surface area contributed by atoms with Crippen molar-refractivity contribution >= 4 is 12.1 Å². The summed E-state index contributed by atoms with van der Waals surface area (Å²) < 4.78 is 11.9. The number of amides is 1. The summed E-state index contributed by atoms with van der Waals surface area (Å²) in [4.78, 5) is 39.1. The number of hydrogen-bond donors (Lipinski definition) is 2. The van der Waals surface area contributed by atoms with Crippen molar-refractivity contribution in [2.45, 2.75) is 121 Å². The van der Waals surface area contributed by atoms with E-state index in [2.05, 4.69) is 14.9 Å². The number of aliphatic hydroxyl groups excluding tert-OH is 1. The van der Waals surface area contributed by atoms with Crippen molar-refractivity contribution in [2.24, 2.45) is 5.92 Å². The Kier molecular flexibility index (Phi) is 13.4. The van der Waals surface area contributed by atoms with Crippen molar-refractivity contribution in [3.8, 4) is 0 Å². The summed E-state index contributed by atoms with van der Waals surface area (Å²) in [5.41, 5.74) is -0.641. The molecule has 3 heterocycles. The Bertz CT molecular complexity index is 1200. The minimum Gasteiger partial charge on any atom is -0.457 e. The van der Waals surface area contributed by atoms with Gasteiger partial charge in [-0.05, 0) is 57.2 Å². The number of aromatic nitrogens is 2. The number of piperazine rings is 1. The second-order valence-electron chi connectivity index (χ2n) is 13.6. The highest BCUT2D eigenvalue weighted by Crippen LogP contribution is 2.28. The molecule has 4 rings (SSSR count). The van der Waals surface area contributed by atoms with Crippen molar-refractivity contribution in [3.05, 3.63) is 60.2 Å². The highest BCUT2D eigenvalue weighted by molar-refractivity contribution is 5.70. The van der Waals surface area contributed by atoms with Crippen LogP contribution in [0.3, 0.4) is 0 Å². The summed E-state index contributed by atoms with van der Waals surface area (Å²) >= 11 is 0. The fourth-order valence-electron chi connectivity index (χ4n) is 6.63. The third kappa shape index (κ3) is 10.5. The van der Waals surface area contributed by atoms with Crippen molar-refractivity contribution in [3.63, 3.8) is 0 Å². The molecule has 2 aliphatic heterocycles.